The molecule has 0 spiro atoms. The van der Waals surface area contributed by atoms with Crippen molar-refractivity contribution in [1.29, 1.82) is 0 Å². The van der Waals surface area contributed by atoms with Crippen LogP contribution in [0.4, 0.5) is 10.7 Å². The first-order chi connectivity index (χ1) is 19.0. The monoisotopic (exact) mass is 705 g/mol. The molecule has 3 N–H and O–H groups in total. The summed E-state index contributed by atoms with van der Waals surface area (Å²) in [5.41, 5.74) is 5.86. The Morgan fingerprint density at radius 2 is 2.05 bits per heavy atom. The molecule has 5 rings (SSSR count). The van der Waals surface area contributed by atoms with Gasteiger partial charge in [0.2, 0.25) is 11.8 Å². The van der Waals surface area contributed by atoms with Crippen molar-refractivity contribution in [2.24, 2.45) is 0 Å². The molecule has 1 aromatic carbocycles. The molecule has 0 radical (unpaired) electrons. The Labute approximate surface area is 245 Å². The zero-order valence-electron chi connectivity index (χ0n) is 21.4. The Hall–Kier alpha value is -2.33. The van der Waals surface area contributed by atoms with Gasteiger partial charge in [-0.2, -0.15) is 9.97 Å². The molecule has 0 aliphatic carbocycles. The highest BCUT2D eigenvalue weighted by Crippen LogP contribution is 2.57. The minimum atomic E-state index is -3.97. The van der Waals surface area contributed by atoms with Crippen LogP contribution in [0.15, 0.2) is 33.5 Å². The van der Waals surface area contributed by atoms with Crippen molar-refractivity contribution in [3.05, 3.63) is 39.0 Å². The molecule has 216 valence electrons. The van der Waals surface area contributed by atoms with Crippen LogP contribution in [0.1, 0.15) is 44.6 Å². The van der Waals surface area contributed by atoms with Crippen LogP contribution >= 0.6 is 39.7 Å². The van der Waals surface area contributed by atoms with Gasteiger partial charge in [-0.3, -0.25) is 18.1 Å². The molecule has 2 fully saturated rings. The van der Waals surface area contributed by atoms with Gasteiger partial charge in [0.05, 0.1) is 38.4 Å². The van der Waals surface area contributed by atoms with Crippen LogP contribution in [0.25, 0.3) is 11.2 Å². The number of nitrogen functional groups attached to an aromatic ring is 1. The number of aromatic nitrogens is 4. The summed E-state index contributed by atoms with van der Waals surface area (Å²) in [5, 5.41) is 9.47. The Morgan fingerprint density at radius 1 is 1.30 bits per heavy atom. The summed E-state index contributed by atoms with van der Waals surface area (Å²) >= 11 is 6.90. The number of nitrogens with two attached hydrogens (primary N) is 1. The molecule has 5 unspecified atom stereocenters. The topological polar surface area (TPSA) is 179 Å². The molecule has 0 amide bonds. The van der Waals surface area contributed by atoms with E-state index in [1.165, 1.54) is 10.9 Å². The average molecular weight is 707 g/mol. The lowest BCUT2D eigenvalue weighted by molar-refractivity contribution is -0.0996. The fraction of sp³-hybridized carbons (Fsp3) is 0.478. The first-order valence-corrected chi connectivity index (χ1v) is 15.3. The highest BCUT2D eigenvalue weighted by molar-refractivity contribution is 9.11. The molecule has 3 aromatic rings. The summed E-state index contributed by atoms with van der Waals surface area (Å²) in [6.07, 6.45) is -1.85. The number of fused-ring (bicyclic) bond motifs is 1. The molecule has 14 nitrogen and oxygen atoms in total. The van der Waals surface area contributed by atoms with Crippen molar-refractivity contribution >= 4 is 63.0 Å². The van der Waals surface area contributed by atoms with Crippen molar-refractivity contribution < 1.29 is 42.2 Å². The number of ether oxygens (including phenoxy) is 3. The molecule has 2 saturated heterocycles. The van der Waals surface area contributed by atoms with Crippen LogP contribution in [0.5, 0.6) is 5.88 Å². The van der Waals surface area contributed by atoms with E-state index in [2.05, 4.69) is 46.8 Å². The largest absolute Gasteiger partial charge is 0.506 e. The smallest absolute Gasteiger partial charge is 0.476 e. The van der Waals surface area contributed by atoms with E-state index < -0.39 is 38.0 Å². The number of phosphoric acid groups is 1. The zero-order valence-corrected chi connectivity index (χ0v) is 25.4. The number of anilines is 1. The Balaban J connectivity index is 1.35. The minimum absolute atomic E-state index is 0.0600. The summed E-state index contributed by atoms with van der Waals surface area (Å²) < 4.78 is 50.4. The SMILES string of the molecule is CCOc1nc(N)nc2c1ncn2C1OC(COP2(=O)OCCC(c3cc(Br)cc(Br)c3)O2)CC1(C)OC(=O)O. The molecule has 4 heterocycles. The van der Waals surface area contributed by atoms with Crippen LogP contribution < -0.4 is 10.5 Å². The third-order valence-corrected chi connectivity index (χ3v) is 8.69. The van der Waals surface area contributed by atoms with Crippen molar-refractivity contribution in [3.8, 4) is 5.88 Å². The Bertz CT molecular complexity index is 1460. The maximum atomic E-state index is 13.4. The predicted molar refractivity (Wildman–Crippen MR) is 147 cm³/mol. The number of rotatable bonds is 8. The van der Waals surface area contributed by atoms with Crippen molar-refractivity contribution in [1.82, 2.24) is 19.5 Å². The molecule has 2 aliphatic heterocycles. The second-order valence-corrected chi connectivity index (χ2v) is 12.8. The van der Waals surface area contributed by atoms with Crippen LogP contribution in [0, 0.1) is 0 Å². The minimum Gasteiger partial charge on any atom is -0.476 e. The number of halogens is 2. The lowest BCUT2D eigenvalue weighted by Crippen LogP contribution is -2.37. The summed E-state index contributed by atoms with van der Waals surface area (Å²) in [5.74, 6) is 0.118. The highest BCUT2D eigenvalue weighted by Gasteiger charge is 2.51. The van der Waals surface area contributed by atoms with Gasteiger partial charge < -0.3 is 25.1 Å². The molecule has 2 aromatic heterocycles. The molecule has 0 saturated carbocycles. The standard InChI is InChI=1S/C23H26Br2N5O9P/c1-3-34-19-17-18(28-21(26)29-19)30(11-27-17)20-23(2,38-22(31)32)9-15(37-20)10-36-40(33)35-5-4-16(39-40)12-6-13(24)8-14(25)7-12/h6-8,11,15-16,20H,3-5,9-10H2,1-2H3,(H,31,32)(H2,26,28,29). The second kappa shape index (κ2) is 11.5. The second-order valence-electron chi connectivity index (χ2n) is 9.30. The summed E-state index contributed by atoms with van der Waals surface area (Å²) in [6.45, 7) is 3.61. The fourth-order valence-corrected chi connectivity index (χ4v) is 7.48. The third-order valence-electron chi connectivity index (χ3n) is 6.30. The number of nitrogens with zero attached hydrogens (tertiary/aromatic N) is 4. The molecule has 40 heavy (non-hydrogen) atoms. The van der Waals surface area contributed by atoms with Crippen molar-refractivity contribution in [2.45, 2.75) is 50.7 Å². The van der Waals surface area contributed by atoms with Crippen molar-refractivity contribution in [2.75, 3.05) is 25.6 Å². The van der Waals surface area contributed by atoms with Crippen LogP contribution in [0.2, 0.25) is 0 Å². The highest BCUT2D eigenvalue weighted by atomic mass is 79.9. The molecule has 5 atom stereocenters. The van der Waals surface area contributed by atoms with Gasteiger partial charge in [-0.1, -0.05) is 31.9 Å². The van der Waals surface area contributed by atoms with Gasteiger partial charge in [-0.05, 0) is 37.6 Å². The summed E-state index contributed by atoms with van der Waals surface area (Å²) in [7, 11) is -3.97. The molecular weight excluding hydrogens is 681 g/mol. The lowest BCUT2D eigenvalue weighted by Gasteiger charge is -2.29. The van der Waals surface area contributed by atoms with Gasteiger partial charge in [0.1, 0.15) is 0 Å². The maximum absolute atomic E-state index is 13.4. The van der Waals surface area contributed by atoms with Gasteiger partial charge >= 0.3 is 14.0 Å². The summed E-state index contributed by atoms with van der Waals surface area (Å²) in [4.78, 5) is 24.3. The first kappa shape index (κ1) is 29.2. The number of hydrogen-bond donors (Lipinski definition) is 2. The number of carboxylic acid groups (broad SMARTS) is 1. The van der Waals surface area contributed by atoms with E-state index in [1.54, 1.807) is 13.8 Å². The average Bonchev–Trinajstić information content (AvgIpc) is 3.42. The van der Waals surface area contributed by atoms with Gasteiger partial charge in [-0.15, -0.1) is 0 Å². The van der Waals surface area contributed by atoms with E-state index in [9.17, 15) is 14.5 Å². The quantitative estimate of drug-likeness (QED) is 0.226. The molecule has 2 aliphatic rings. The molecular formula is C23H26Br2N5O9P. The van der Waals surface area contributed by atoms with Crippen LogP contribution in [0.3, 0.4) is 0 Å². The summed E-state index contributed by atoms with van der Waals surface area (Å²) in [6, 6.07) is 5.62. The Kier molecular flexibility index (Phi) is 8.39. The van der Waals surface area contributed by atoms with Gasteiger partial charge in [0.15, 0.2) is 23.0 Å². The van der Waals surface area contributed by atoms with Gasteiger partial charge in [-0.25, -0.2) is 14.3 Å². The first-order valence-electron chi connectivity index (χ1n) is 12.2. The molecule has 0 bridgehead atoms. The predicted octanol–water partition coefficient (Wildman–Crippen LogP) is 5.38. The normalized spacial score (nSPS) is 28.6. The van der Waals surface area contributed by atoms with Gasteiger partial charge in [0, 0.05) is 21.8 Å². The van der Waals surface area contributed by atoms with E-state index in [-0.39, 0.29) is 37.1 Å². The number of imidazole rings is 1. The number of hydrogen-bond acceptors (Lipinski definition) is 12. The number of phosphoric ester groups is 1. The van der Waals surface area contributed by atoms with E-state index in [1.807, 2.05) is 18.2 Å². The lowest BCUT2D eigenvalue weighted by atomic mass is 10.00. The third kappa shape index (κ3) is 6.12. The zero-order chi connectivity index (χ0) is 28.7. The van der Waals surface area contributed by atoms with E-state index in [0.29, 0.717) is 18.5 Å². The van der Waals surface area contributed by atoms with E-state index >= 15 is 0 Å². The molecule has 17 heteroatoms. The maximum Gasteiger partial charge on any atom is 0.506 e. The Morgan fingerprint density at radius 3 is 2.75 bits per heavy atom. The van der Waals surface area contributed by atoms with E-state index in [0.717, 1.165) is 14.5 Å². The van der Waals surface area contributed by atoms with Crippen LogP contribution in [-0.2, 0) is 27.6 Å². The fourth-order valence-electron chi connectivity index (χ4n) is 4.73. The number of carbonyl (C=O) groups is 1. The van der Waals surface area contributed by atoms with Crippen molar-refractivity contribution in [3.63, 3.8) is 0 Å². The van der Waals surface area contributed by atoms with Gasteiger partial charge in [0.25, 0.3) is 0 Å². The van der Waals surface area contributed by atoms with Crippen LogP contribution in [-0.4, -0.2) is 62.3 Å². The van der Waals surface area contributed by atoms with E-state index in [4.69, 9.17) is 33.5 Å². The number of benzene rings is 1.